The number of benzene rings is 3. The zero-order valence-corrected chi connectivity index (χ0v) is 40.2. The third-order valence-corrected chi connectivity index (χ3v) is 13.8. The Labute approximate surface area is 413 Å². The summed E-state index contributed by atoms with van der Waals surface area (Å²) in [5.41, 5.74) is 1.52. The molecule has 370 valence electrons. The summed E-state index contributed by atoms with van der Waals surface area (Å²) in [4.78, 5) is 94.9. The summed E-state index contributed by atoms with van der Waals surface area (Å²) in [5, 5.41) is 16.6. The average Bonchev–Trinajstić information content (AvgIpc) is 4.13. The second kappa shape index (κ2) is 23.8. The van der Waals surface area contributed by atoms with Crippen LogP contribution < -0.4 is 26.0 Å². The molecular weight excluding hydrogens is 1000 g/mol. The van der Waals surface area contributed by atoms with Crippen LogP contribution in [0.3, 0.4) is 0 Å². The Morgan fingerprint density at radius 2 is 1.63 bits per heavy atom. The third-order valence-electron chi connectivity index (χ3n) is 10.8. The van der Waals surface area contributed by atoms with Crippen LogP contribution in [0.4, 0.5) is 13.9 Å². The number of rotatable bonds is 21. The monoisotopic (exact) mass is 1040 g/mol. The van der Waals surface area contributed by atoms with E-state index in [1.54, 1.807) is 79.2 Å². The minimum atomic E-state index is -4.75. The number of Topliss-reactive ketones (excluding diaryl/α,β-unsaturated/α-hetero) is 1. The molecule has 19 nitrogen and oxygen atoms in total. The van der Waals surface area contributed by atoms with Gasteiger partial charge in [-0.25, -0.2) is 13.5 Å². The van der Waals surface area contributed by atoms with Gasteiger partial charge in [0.15, 0.2) is 5.76 Å². The molecule has 5 aromatic rings. The smallest absolute Gasteiger partial charge is 0.293 e. The van der Waals surface area contributed by atoms with Crippen molar-refractivity contribution in [2.24, 2.45) is 5.92 Å². The summed E-state index contributed by atoms with van der Waals surface area (Å²) >= 11 is 12.3. The Morgan fingerprint density at radius 1 is 0.900 bits per heavy atom. The van der Waals surface area contributed by atoms with Gasteiger partial charge >= 0.3 is 0 Å². The number of ketones is 1. The lowest BCUT2D eigenvalue weighted by molar-refractivity contribution is -0.143. The topological polar surface area (TPSA) is 265 Å². The largest absolute Gasteiger partial charge is 0.451 e. The SMILES string of the molecule is CC[C@@H](C)[C@H](NC(=O)c1ccc(-c2ccc(Cl)cc2)o1)C(=O)N1C[C@H](OCc2ccccc2)C[C@H]1C(=O)N[C@@H](CC(F)F)C(=O)C(=O)NCC(=O)NS(=O)(=O)c1nnc(NC(=O)c2cccc(Cl)c2)s1. The lowest BCUT2D eigenvalue weighted by atomic mass is 9.97. The maximum atomic E-state index is 14.5. The van der Waals surface area contributed by atoms with E-state index in [9.17, 15) is 50.8 Å². The summed E-state index contributed by atoms with van der Waals surface area (Å²) in [7, 11) is -4.75. The number of ether oxygens (including phenoxy) is 1. The van der Waals surface area contributed by atoms with Gasteiger partial charge in [-0.2, -0.15) is 8.42 Å². The van der Waals surface area contributed by atoms with Crippen LogP contribution in [0.1, 0.15) is 59.6 Å². The molecule has 25 heteroatoms. The van der Waals surface area contributed by atoms with Crippen molar-refractivity contribution >= 4 is 90.9 Å². The number of sulfonamides is 1. The Hall–Kier alpha value is -6.66. The van der Waals surface area contributed by atoms with E-state index < -0.39 is 105 Å². The third kappa shape index (κ3) is 14.0. The fourth-order valence-corrected chi connectivity index (χ4v) is 9.18. The minimum Gasteiger partial charge on any atom is -0.451 e. The normalized spacial score (nSPS) is 15.9. The van der Waals surface area contributed by atoms with Crippen LogP contribution in [0.25, 0.3) is 11.3 Å². The van der Waals surface area contributed by atoms with Gasteiger partial charge in [0.25, 0.3) is 38.0 Å². The van der Waals surface area contributed by atoms with Crippen molar-refractivity contribution in [3.63, 3.8) is 0 Å². The molecule has 1 aliphatic heterocycles. The molecule has 0 bridgehead atoms. The molecule has 70 heavy (non-hydrogen) atoms. The number of carbonyl (C=O) groups excluding carboxylic acids is 7. The van der Waals surface area contributed by atoms with E-state index in [4.69, 9.17) is 32.4 Å². The first-order valence-electron chi connectivity index (χ1n) is 21.3. The summed E-state index contributed by atoms with van der Waals surface area (Å²) in [6, 6.07) is 19.5. The Balaban J connectivity index is 1.12. The molecule has 6 rings (SSSR count). The number of likely N-dealkylation sites (tertiary alicyclic amines) is 1. The van der Waals surface area contributed by atoms with E-state index in [1.165, 1.54) is 30.3 Å². The van der Waals surface area contributed by atoms with Gasteiger partial charge in [-0.1, -0.05) is 91.2 Å². The number of halogens is 4. The molecule has 0 saturated carbocycles. The number of alkyl halides is 2. The number of furan rings is 1. The van der Waals surface area contributed by atoms with Gasteiger partial charge in [0.1, 0.15) is 23.9 Å². The summed E-state index contributed by atoms with van der Waals surface area (Å²) in [5.74, 6) is -8.25. The molecule has 0 unspecified atom stereocenters. The number of aromatic nitrogens is 2. The zero-order valence-electron chi connectivity index (χ0n) is 37.0. The van der Waals surface area contributed by atoms with Crippen molar-refractivity contribution in [1.29, 1.82) is 0 Å². The van der Waals surface area contributed by atoms with E-state index in [0.717, 1.165) is 10.5 Å². The van der Waals surface area contributed by atoms with Gasteiger partial charge in [0, 0.05) is 40.6 Å². The molecule has 5 atom stereocenters. The standard InChI is InChI=1S/C45H44Cl2F2N8O11S2/c1-3-24(2)37(52-41(62)34-17-16-33(68-34)26-12-14-28(46)15-13-26)43(64)57-22-30(67-23-25-8-5-4-6-9-25)19-32(57)40(61)51-31(20-35(48)49)38(59)42(63)50-21-36(58)56-70(65,66)45-55-54-44(69-45)53-39(60)27-10-7-11-29(47)18-27/h4-18,24,30-32,35,37H,3,19-23H2,1-2H3,(H,50,63)(H,51,61)(H,52,62)(H,56,58)(H,53,54,60)/t24-,30-,31+,32+,37+/m1/s1. The number of carbonyl (C=O) groups is 7. The van der Waals surface area contributed by atoms with Crippen LogP contribution in [0.15, 0.2) is 99.8 Å². The zero-order chi connectivity index (χ0) is 50.7. The lowest BCUT2D eigenvalue weighted by Crippen LogP contribution is -2.57. The van der Waals surface area contributed by atoms with Crippen molar-refractivity contribution in [3.8, 4) is 11.3 Å². The minimum absolute atomic E-state index is 0.0637. The highest BCUT2D eigenvalue weighted by molar-refractivity contribution is 7.92. The molecule has 0 radical (unpaired) electrons. The van der Waals surface area contributed by atoms with Gasteiger partial charge in [0.05, 0.1) is 19.3 Å². The van der Waals surface area contributed by atoms with Crippen LogP contribution in [0.5, 0.6) is 0 Å². The van der Waals surface area contributed by atoms with Gasteiger partial charge in [-0.05, 0) is 66.1 Å². The predicted molar refractivity (Wildman–Crippen MR) is 250 cm³/mol. The molecule has 5 N–H and O–H groups in total. The van der Waals surface area contributed by atoms with Gasteiger partial charge in [-0.15, -0.1) is 10.2 Å². The molecular formula is C45H44Cl2F2N8O11S2. The number of hydrogen-bond acceptors (Lipinski definition) is 14. The fraction of sp³-hybridized carbons (Fsp3) is 0.311. The van der Waals surface area contributed by atoms with Crippen LogP contribution >= 0.6 is 34.5 Å². The first-order chi connectivity index (χ1) is 33.3. The number of amides is 6. The summed E-state index contributed by atoms with van der Waals surface area (Å²) in [6.07, 6.45) is -5.23. The molecule has 0 spiro atoms. The van der Waals surface area contributed by atoms with E-state index in [-0.39, 0.29) is 41.1 Å². The molecule has 1 aliphatic rings. The van der Waals surface area contributed by atoms with Gasteiger partial charge in [-0.3, -0.25) is 38.9 Å². The Bertz CT molecular complexity index is 2840. The second-order valence-electron chi connectivity index (χ2n) is 15.8. The first kappa shape index (κ1) is 52.7. The van der Waals surface area contributed by atoms with E-state index >= 15 is 0 Å². The number of hydrogen-bond donors (Lipinski definition) is 5. The highest BCUT2D eigenvalue weighted by Crippen LogP contribution is 2.28. The van der Waals surface area contributed by atoms with Crippen molar-refractivity contribution in [1.82, 2.24) is 35.8 Å². The number of nitrogens with one attached hydrogen (secondary N) is 5. The van der Waals surface area contributed by atoms with Gasteiger partial charge < -0.3 is 30.0 Å². The Morgan fingerprint density at radius 3 is 2.31 bits per heavy atom. The highest BCUT2D eigenvalue weighted by atomic mass is 35.5. The fourth-order valence-electron chi connectivity index (χ4n) is 6.98. The lowest BCUT2D eigenvalue weighted by Gasteiger charge is -2.31. The number of anilines is 1. The molecule has 3 aromatic carbocycles. The van der Waals surface area contributed by atoms with Crippen LogP contribution in [0, 0.1) is 5.92 Å². The summed E-state index contributed by atoms with van der Waals surface area (Å²) in [6.45, 7) is 2.18. The molecule has 3 heterocycles. The first-order valence-corrected chi connectivity index (χ1v) is 24.4. The maximum absolute atomic E-state index is 14.5. The predicted octanol–water partition coefficient (Wildman–Crippen LogP) is 5.02. The van der Waals surface area contributed by atoms with E-state index in [0.29, 0.717) is 34.1 Å². The molecule has 1 saturated heterocycles. The van der Waals surface area contributed by atoms with Crippen LogP contribution in [0.2, 0.25) is 10.0 Å². The highest BCUT2D eigenvalue weighted by Gasteiger charge is 2.45. The van der Waals surface area contributed by atoms with E-state index in [2.05, 4.69) is 26.1 Å². The van der Waals surface area contributed by atoms with Crippen LogP contribution in [-0.2, 0) is 45.3 Å². The van der Waals surface area contributed by atoms with Crippen molar-refractivity contribution in [2.45, 2.75) is 74.7 Å². The molecule has 0 aliphatic carbocycles. The molecule has 2 aromatic heterocycles. The Kier molecular flexibility index (Phi) is 17.9. The second-order valence-corrected chi connectivity index (χ2v) is 19.5. The van der Waals surface area contributed by atoms with Crippen molar-refractivity contribution in [2.75, 3.05) is 18.4 Å². The summed E-state index contributed by atoms with van der Waals surface area (Å²) < 4.78 is 66.4. The van der Waals surface area contributed by atoms with Crippen molar-refractivity contribution in [3.05, 3.63) is 118 Å². The van der Waals surface area contributed by atoms with E-state index in [1.807, 2.05) is 5.32 Å². The number of nitrogens with zero attached hydrogens (tertiary/aromatic N) is 3. The molecule has 1 fully saturated rings. The quantitative estimate of drug-likeness (QED) is 0.0478. The average molecular weight is 1050 g/mol. The molecule has 6 amide bonds. The van der Waals surface area contributed by atoms with Crippen LogP contribution in [-0.4, -0.2) is 108 Å². The van der Waals surface area contributed by atoms with Crippen molar-refractivity contribution < 1.29 is 59.9 Å². The maximum Gasteiger partial charge on any atom is 0.293 e. The van der Waals surface area contributed by atoms with Gasteiger partial charge in [0.2, 0.25) is 29.2 Å².